The van der Waals surface area contributed by atoms with Crippen molar-refractivity contribution in [3.05, 3.63) is 187 Å². The average Bonchev–Trinajstić information content (AvgIpc) is 3.55. The third kappa shape index (κ3) is 10.9. The fourth-order valence-electron chi connectivity index (χ4n) is 6.15. The van der Waals surface area contributed by atoms with Crippen LogP contribution in [0, 0.1) is 18.8 Å². The van der Waals surface area contributed by atoms with E-state index in [1.54, 1.807) is 0 Å². The molecule has 0 atom stereocenters. The molecule has 2 heteroatoms. The Hall–Kier alpha value is -5.60. The first-order valence-corrected chi connectivity index (χ1v) is 19.0. The lowest BCUT2D eigenvalue weighted by Crippen LogP contribution is -2.09. The van der Waals surface area contributed by atoms with Crippen LogP contribution in [0.4, 0.5) is 17.1 Å². The molecule has 0 spiro atoms. The Morgan fingerprint density at radius 1 is 0.434 bits per heavy atom. The highest BCUT2D eigenvalue weighted by molar-refractivity contribution is 6.04. The number of rotatable bonds is 6. The van der Waals surface area contributed by atoms with Gasteiger partial charge in [-0.2, -0.15) is 0 Å². The van der Waals surface area contributed by atoms with E-state index in [1.807, 2.05) is 36.4 Å². The molecule has 0 saturated heterocycles. The monoisotopic (exact) mass is 697 g/mol. The van der Waals surface area contributed by atoms with E-state index in [4.69, 9.17) is 4.42 Å². The number of nitrogens with zero attached hydrogens (tertiary/aromatic N) is 1. The molecule has 2 nitrogen and oxygen atoms in total. The number of fused-ring (bicyclic) bond motifs is 4. The number of hydrogen-bond donors (Lipinski definition) is 0. The molecule has 270 valence electrons. The maximum absolute atomic E-state index is 5.65. The summed E-state index contributed by atoms with van der Waals surface area (Å²) in [7, 11) is 0. The van der Waals surface area contributed by atoms with E-state index < -0.39 is 0 Å². The summed E-state index contributed by atoms with van der Waals surface area (Å²) >= 11 is 0. The third-order valence-corrected chi connectivity index (χ3v) is 8.43. The molecule has 0 N–H and O–H groups in total. The van der Waals surface area contributed by atoms with Crippen molar-refractivity contribution in [2.45, 2.75) is 61.3 Å². The van der Waals surface area contributed by atoms with E-state index in [-0.39, 0.29) is 0 Å². The van der Waals surface area contributed by atoms with Crippen LogP contribution in [0.5, 0.6) is 0 Å². The normalized spacial score (nSPS) is 10.7. The highest BCUT2D eigenvalue weighted by Crippen LogP contribution is 2.37. The molecule has 0 aliphatic carbocycles. The number of para-hydroxylation sites is 4. The molecule has 8 rings (SSSR count). The van der Waals surface area contributed by atoms with Crippen molar-refractivity contribution < 1.29 is 4.42 Å². The zero-order chi connectivity index (χ0) is 37.6. The summed E-state index contributed by atoms with van der Waals surface area (Å²) < 4.78 is 5.65. The van der Waals surface area contributed by atoms with Crippen LogP contribution in [0.2, 0.25) is 0 Å². The van der Waals surface area contributed by atoms with Crippen molar-refractivity contribution in [1.29, 1.82) is 0 Å². The van der Waals surface area contributed by atoms with Gasteiger partial charge < -0.3 is 9.32 Å². The standard InChI is InChI=1S/C31H27N.C12H8O.2C4H10/c1-24-17-19-26-23-29(20-22-31(26)30(24)21-18-25-11-5-2-6-12-25)32(27-13-7-3-8-14-27)28-15-9-4-10-16-28;1-3-7-11-9(5-1)10-6-2-4-8-12(10)13-11;2*1-4(2)3/h2-17,19-20,22-23H,18,21H2,1H3;1-8H;2*4H,1-3H3. The highest BCUT2D eigenvalue weighted by atomic mass is 16.3. The Bertz CT molecular complexity index is 2170. The average molecular weight is 698 g/mol. The third-order valence-electron chi connectivity index (χ3n) is 8.43. The summed E-state index contributed by atoms with van der Waals surface area (Å²) in [6.07, 6.45) is 2.11. The molecule has 0 fully saturated rings. The number of benzene rings is 7. The first-order chi connectivity index (χ1) is 25.7. The van der Waals surface area contributed by atoms with Gasteiger partial charge >= 0.3 is 0 Å². The Balaban J connectivity index is 0.000000210. The molecule has 7 aromatic carbocycles. The quantitative estimate of drug-likeness (QED) is 0.172. The van der Waals surface area contributed by atoms with E-state index in [1.165, 1.54) is 43.9 Å². The van der Waals surface area contributed by atoms with E-state index in [2.05, 4.69) is 187 Å². The zero-order valence-electron chi connectivity index (χ0n) is 32.6. The Morgan fingerprint density at radius 3 is 1.40 bits per heavy atom. The SMILES string of the molecule is CC(C)C.CC(C)C.Cc1ccc2cc(N(c3ccccc3)c3ccccc3)ccc2c1CCc1ccccc1.c1ccc2c(c1)oc1ccccc12. The maximum atomic E-state index is 5.65. The predicted molar refractivity (Wildman–Crippen MR) is 232 cm³/mol. The van der Waals surface area contributed by atoms with Gasteiger partial charge in [-0.15, -0.1) is 0 Å². The van der Waals surface area contributed by atoms with Crippen molar-refractivity contribution in [3.63, 3.8) is 0 Å². The van der Waals surface area contributed by atoms with Gasteiger partial charge in [0.25, 0.3) is 0 Å². The molecule has 0 aliphatic heterocycles. The topological polar surface area (TPSA) is 16.4 Å². The molecule has 0 radical (unpaired) electrons. The lowest BCUT2D eigenvalue weighted by Gasteiger charge is -2.26. The van der Waals surface area contributed by atoms with Gasteiger partial charge in [-0.3, -0.25) is 0 Å². The summed E-state index contributed by atoms with van der Waals surface area (Å²) in [6.45, 7) is 15.2. The van der Waals surface area contributed by atoms with Gasteiger partial charge in [-0.05, 0) is 108 Å². The molecule has 53 heavy (non-hydrogen) atoms. The number of hydrogen-bond acceptors (Lipinski definition) is 2. The smallest absolute Gasteiger partial charge is 0.135 e. The fraction of sp³-hybridized carbons (Fsp3) is 0.216. The number of aryl methyl sites for hydroxylation is 3. The Morgan fingerprint density at radius 2 is 0.887 bits per heavy atom. The van der Waals surface area contributed by atoms with Gasteiger partial charge in [0.2, 0.25) is 0 Å². The lowest BCUT2D eigenvalue weighted by atomic mass is 9.94. The molecular formula is C51H55NO. The maximum Gasteiger partial charge on any atom is 0.135 e. The van der Waals surface area contributed by atoms with Crippen LogP contribution >= 0.6 is 0 Å². The fourth-order valence-corrected chi connectivity index (χ4v) is 6.15. The lowest BCUT2D eigenvalue weighted by molar-refractivity contribution is 0.669. The van der Waals surface area contributed by atoms with Crippen molar-refractivity contribution in [2.24, 2.45) is 11.8 Å². The second-order valence-electron chi connectivity index (χ2n) is 14.8. The number of anilines is 3. The summed E-state index contributed by atoms with van der Waals surface area (Å²) in [6, 6.07) is 59.5. The van der Waals surface area contributed by atoms with Gasteiger partial charge in [0, 0.05) is 27.8 Å². The van der Waals surface area contributed by atoms with Crippen molar-refractivity contribution in [3.8, 4) is 0 Å². The summed E-state index contributed by atoms with van der Waals surface area (Å²) in [4.78, 5) is 2.32. The van der Waals surface area contributed by atoms with Gasteiger partial charge in [0.1, 0.15) is 11.2 Å². The van der Waals surface area contributed by atoms with E-state index in [9.17, 15) is 0 Å². The van der Waals surface area contributed by atoms with Crippen LogP contribution in [-0.2, 0) is 12.8 Å². The first kappa shape index (κ1) is 38.6. The molecule has 0 bridgehead atoms. The van der Waals surface area contributed by atoms with Crippen LogP contribution in [-0.4, -0.2) is 0 Å². The van der Waals surface area contributed by atoms with E-state index >= 15 is 0 Å². The van der Waals surface area contributed by atoms with Gasteiger partial charge in [0.15, 0.2) is 0 Å². The minimum Gasteiger partial charge on any atom is -0.456 e. The summed E-state index contributed by atoms with van der Waals surface area (Å²) in [5.41, 5.74) is 9.62. The second-order valence-corrected chi connectivity index (χ2v) is 14.8. The van der Waals surface area contributed by atoms with E-state index in [0.717, 1.165) is 47.2 Å². The molecule has 1 aromatic heterocycles. The molecule has 0 saturated carbocycles. The minimum absolute atomic E-state index is 0.833. The Kier molecular flexibility index (Phi) is 14.1. The molecule has 0 amide bonds. The molecule has 0 aliphatic rings. The van der Waals surface area contributed by atoms with Gasteiger partial charge in [-0.25, -0.2) is 0 Å². The van der Waals surface area contributed by atoms with Crippen LogP contribution in [0.3, 0.4) is 0 Å². The van der Waals surface area contributed by atoms with Crippen LogP contribution in [0.1, 0.15) is 58.2 Å². The Labute approximate surface area is 317 Å². The second kappa shape index (κ2) is 19.3. The molecule has 0 unspecified atom stereocenters. The molecular weight excluding hydrogens is 643 g/mol. The van der Waals surface area contributed by atoms with Crippen molar-refractivity contribution in [1.82, 2.24) is 0 Å². The number of furan rings is 1. The van der Waals surface area contributed by atoms with Gasteiger partial charge in [-0.1, -0.05) is 163 Å². The largest absolute Gasteiger partial charge is 0.456 e. The summed E-state index contributed by atoms with van der Waals surface area (Å²) in [5.74, 6) is 1.67. The van der Waals surface area contributed by atoms with E-state index in [0.29, 0.717) is 0 Å². The van der Waals surface area contributed by atoms with Crippen molar-refractivity contribution in [2.75, 3.05) is 4.90 Å². The minimum atomic E-state index is 0.833. The first-order valence-electron chi connectivity index (χ1n) is 19.0. The van der Waals surface area contributed by atoms with Crippen molar-refractivity contribution >= 4 is 49.8 Å². The van der Waals surface area contributed by atoms with Crippen LogP contribution in [0.25, 0.3) is 32.7 Å². The van der Waals surface area contributed by atoms with Crippen LogP contribution < -0.4 is 4.90 Å². The highest BCUT2D eigenvalue weighted by Gasteiger charge is 2.14. The summed E-state index contributed by atoms with van der Waals surface area (Å²) in [5, 5.41) is 5.02. The zero-order valence-corrected chi connectivity index (χ0v) is 32.6. The molecule has 1 heterocycles. The predicted octanol–water partition coefficient (Wildman–Crippen LogP) is 15.3. The van der Waals surface area contributed by atoms with Crippen LogP contribution in [0.15, 0.2) is 174 Å². The van der Waals surface area contributed by atoms with Gasteiger partial charge in [0.05, 0.1) is 0 Å². The molecule has 8 aromatic rings.